The summed E-state index contributed by atoms with van der Waals surface area (Å²) in [7, 11) is 0. The first-order valence-electron chi connectivity index (χ1n) is 9.86. The number of ether oxygens (including phenoxy) is 1. The zero-order valence-electron chi connectivity index (χ0n) is 16.7. The van der Waals surface area contributed by atoms with Gasteiger partial charge in [-0.05, 0) is 24.3 Å². The van der Waals surface area contributed by atoms with Gasteiger partial charge in [-0.1, -0.05) is 47.5 Å². The summed E-state index contributed by atoms with van der Waals surface area (Å²) < 4.78 is 21.0. The molecular weight excluding hydrogens is 442 g/mol. The fraction of sp³-hybridized carbons (Fsp3) is 0.273. The lowest BCUT2D eigenvalue weighted by Crippen LogP contribution is -2.48. The Balaban J connectivity index is 1.30. The molecule has 4 rings (SSSR count). The summed E-state index contributed by atoms with van der Waals surface area (Å²) in [6, 6.07) is 13.6. The number of hydrogen-bond donors (Lipinski definition) is 0. The second kappa shape index (κ2) is 9.68. The largest absolute Gasteiger partial charge is 0.470 e. The summed E-state index contributed by atoms with van der Waals surface area (Å²) in [6.07, 6.45) is 1.68. The Bertz CT molecular complexity index is 1070. The zero-order valence-corrected chi connectivity index (χ0v) is 18.2. The fourth-order valence-electron chi connectivity index (χ4n) is 3.42. The summed E-state index contributed by atoms with van der Waals surface area (Å²) in [6.45, 7) is 3.12. The highest BCUT2D eigenvalue weighted by molar-refractivity contribution is 6.42. The van der Waals surface area contributed by atoms with E-state index in [9.17, 15) is 9.18 Å². The van der Waals surface area contributed by atoms with E-state index in [1.807, 2.05) is 6.07 Å². The summed E-state index contributed by atoms with van der Waals surface area (Å²) in [5.74, 6) is 0.112. The topological polar surface area (TPSA) is 50.6 Å². The first-order chi connectivity index (χ1) is 15.0. The van der Waals surface area contributed by atoms with Crippen LogP contribution >= 0.6 is 23.2 Å². The molecule has 1 saturated heterocycles. The predicted molar refractivity (Wildman–Crippen MR) is 117 cm³/mol. The van der Waals surface area contributed by atoms with E-state index in [1.54, 1.807) is 47.5 Å². The number of rotatable bonds is 6. The van der Waals surface area contributed by atoms with Crippen LogP contribution in [0.1, 0.15) is 16.1 Å². The molecule has 1 aliphatic heterocycles. The lowest BCUT2D eigenvalue weighted by molar-refractivity contribution is 0.0619. The summed E-state index contributed by atoms with van der Waals surface area (Å²) in [4.78, 5) is 16.7. The third kappa shape index (κ3) is 5.18. The molecule has 9 heteroatoms. The molecule has 3 aromatic rings. The minimum Gasteiger partial charge on any atom is -0.470 e. The number of hydrogen-bond acceptors (Lipinski definition) is 4. The van der Waals surface area contributed by atoms with Crippen LogP contribution in [0, 0.1) is 5.82 Å². The maximum Gasteiger partial charge on any atom is 0.274 e. The van der Waals surface area contributed by atoms with Crippen molar-refractivity contribution in [2.45, 2.75) is 13.3 Å². The van der Waals surface area contributed by atoms with Gasteiger partial charge in [0.25, 0.3) is 5.91 Å². The summed E-state index contributed by atoms with van der Waals surface area (Å²) in [5.41, 5.74) is 1.02. The van der Waals surface area contributed by atoms with Crippen LogP contribution in [0.3, 0.4) is 0 Å². The van der Waals surface area contributed by atoms with Gasteiger partial charge in [-0.3, -0.25) is 9.69 Å². The SMILES string of the molecule is O=C(c1ccn(COc2cccc(Cl)c2Cl)n1)N1CCN(Cc2ccccc2F)CC1. The molecule has 0 radical (unpaired) electrons. The normalized spacial score (nSPS) is 14.6. The van der Waals surface area contributed by atoms with Crippen LogP contribution in [0.2, 0.25) is 10.0 Å². The molecule has 1 amide bonds. The molecule has 0 aliphatic carbocycles. The molecule has 1 fully saturated rings. The van der Waals surface area contributed by atoms with Crippen LogP contribution in [-0.4, -0.2) is 51.7 Å². The maximum absolute atomic E-state index is 13.9. The Morgan fingerprint density at radius 2 is 1.81 bits per heavy atom. The summed E-state index contributed by atoms with van der Waals surface area (Å²) >= 11 is 12.1. The highest BCUT2D eigenvalue weighted by Gasteiger charge is 2.24. The van der Waals surface area contributed by atoms with Gasteiger partial charge >= 0.3 is 0 Å². The molecule has 6 nitrogen and oxygen atoms in total. The van der Waals surface area contributed by atoms with Crippen molar-refractivity contribution in [1.82, 2.24) is 19.6 Å². The molecule has 1 aliphatic rings. The smallest absolute Gasteiger partial charge is 0.274 e. The number of benzene rings is 2. The molecule has 0 spiro atoms. The van der Waals surface area contributed by atoms with Gasteiger partial charge in [0.2, 0.25) is 0 Å². The van der Waals surface area contributed by atoms with Crippen molar-refractivity contribution in [2.75, 3.05) is 26.2 Å². The average Bonchev–Trinajstić information content (AvgIpc) is 3.25. The van der Waals surface area contributed by atoms with Crippen LogP contribution < -0.4 is 4.74 Å². The average molecular weight is 463 g/mol. The number of amides is 1. The molecule has 1 aromatic heterocycles. The minimum atomic E-state index is -0.201. The second-order valence-corrected chi connectivity index (χ2v) is 8.01. The van der Waals surface area contributed by atoms with Crippen LogP contribution in [0.15, 0.2) is 54.7 Å². The number of piperazine rings is 1. The molecule has 162 valence electrons. The number of carbonyl (C=O) groups is 1. The molecule has 0 bridgehead atoms. The van der Waals surface area contributed by atoms with Gasteiger partial charge in [0.15, 0.2) is 12.4 Å². The third-order valence-electron chi connectivity index (χ3n) is 5.14. The molecule has 0 saturated carbocycles. The lowest BCUT2D eigenvalue weighted by Gasteiger charge is -2.34. The minimum absolute atomic E-state index is 0.101. The van der Waals surface area contributed by atoms with Crippen molar-refractivity contribution in [3.05, 3.63) is 81.8 Å². The van der Waals surface area contributed by atoms with Gasteiger partial charge in [-0.2, -0.15) is 5.10 Å². The Labute approximate surface area is 189 Å². The quantitative estimate of drug-likeness (QED) is 0.547. The Kier molecular flexibility index (Phi) is 6.75. The van der Waals surface area contributed by atoms with Crippen molar-refractivity contribution in [3.63, 3.8) is 0 Å². The Morgan fingerprint density at radius 1 is 1.03 bits per heavy atom. The maximum atomic E-state index is 13.9. The highest BCUT2D eigenvalue weighted by atomic mass is 35.5. The third-order valence-corrected chi connectivity index (χ3v) is 5.94. The second-order valence-electron chi connectivity index (χ2n) is 7.23. The molecule has 0 N–H and O–H groups in total. The van der Waals surface area contributed by atoms with Crippen molar-refractivity contribution >= 4 is 29.1 Å². The van der Waals surface area contributed by atoms with Gasteiger partial charge in [0.1, 0.15) is 16.6 Å². The van der Waals surface area contributed by atoms with Crippen LogP contribution in [0.4, 0.5) is 4.39 Å². The van der Waals surface area contributed by atoms with Crippen molar-refractivity contribution in [1.29, 1.82) is 0 Å². The van der Waals surface area contributed by atoms with Crippen LogP contribution in [0.5, 0.6) is 5.75 Å². The fourth-order valence-corrected chi connectivity index (χ4v) is 3.76. The van der Waals surface area contributed by atoms with Crippen molar-refractivity contribution in [3.8, 4) is 5.75 Å². The highest BCUT2D eigenvalue weighted by Crippen LogP contribution is 2.31. The van der Waals surface area contributed by atoms with Crippen molar-refractivity contribution < 1.29 is 13.9 Å². The summed E-state index contributed by atoms with van der Waals surface area (Å²) in [5, 5.41) is 5.05. The number of halogens is 3. The zero-order chi connectivity index (χ0) is 21.8. The van der Waals surface area contributed by atoms with Gasteiger partial charge in [-0.25, -0.2) is 9.07 Å². The van der Waals surface area contributed by atoms with E-state index in [0.29, 0.717) is 59.8 Å². The van der Waals surface area contributed by atoms with Crippen LogP contribution in [0.25, 0.3) is 0 Å². The van der Waals surface area contributed by atoms with E-state index in [2.05, 4.69) is 10.00 Å². The molecule has 31 heavy (non-hydrogen) atoms. The lowest BCUT2D eigenvalue weighted by atomic mass is 10.2. The van der Waals surface area contributed by atoms with E-state index >= 15 is 0 Å². The number of nitrogens with zero attached hydrogens (tertiary/aromatic N) is 4. The van der Waals surface area contributed by atoms with Gasteiger partial charge < -0.3 is 9.64 Å². The monoisotopic (exact) mass is 462 g/mol. The Hall–Kier alpha value is -2.61. The standard InChI is InChI=1S/C22H21Cl2FN4O2/c23-17-5-3-7-20(21(17)24)31-15-29-9-8-19(26-29)22(30)28-12-10-27(11-13-28)14-16-4-1-2-6-18(16)25/h1-9H,10-15H2. The molecule has 0 atom stereocenters. The van der Waals surface area contributed by atoms with E-state index in [-0.39, 0.29) is 18.5 Å². The first kappa shape index (κ1) is 21.6. The van der Waals surface area contributed by atoms with Gasteiger partial charge in [0, 0.05) is 44.5 Å². The van der Waals surface area contributed by atoms with E-state index < -0.39 is 0 Å². The van der Waals surface area contributed by atoms with E-state index in [0.717, 1.165) is 0 Å². The molecule has 2 heterocycles. The van der Waals surface area contributed by atoms with E-state index in [4.69, 9.17) is 27.9 Å². The molecule has 2 aromatic carbocycles. The number of aromatic nitrogens is 2. The van der Waals surface area contributed by atoms with Crippen molar-refractivity contribution in [2.24, 2.45) is 0 Å². The molecule has 0 unspecified atom stereocenters. The van der Waals surface area contributed by atoms with E-state index in [1.165, 1.54) is 10.7 Å². The predicted octanol–water partition coefficient (Wildman–Crippen LogP) is 4.32. The first-order valence-corrected chi connectivity index (χ1v) is 10.6. The van der Waals surface area contributed by atoms with Gasteiger partial charge in [-0.15, -0.1) is 0 Å². The molecular formula is C22H21Cl2FN4O2. The number of carbonyl (C=O) groups excluding carboxylic acids is 1. The van der Waals surface area contributed by atoms with Gasteiger partial charge in [0.05, 0.1) is 5.02 Å². The van der Waals surface area contributed by atoms with Crippen LogP contribution in [-0.2, 0) is 13.3 Å². The Morgan fingerprint density at radius 3 is 2.58 bits per heavy atom.